The van der Waals surface area contributed by atoms with E-state index in [9.17, 15) is 4.79 Å². The summed E-state index contributed by atoms with van der Waals surface area (Å²) in [5, 5.41) is 0. The van der Waals surface area contributed by atoms with Crippen molar-refractivity contribution in [2.24, 2.45) is 5.92 Å². The van der Waals surface area contributed by atoms with Crippen molar-refractivity contribution in [2.75, 3.05) is 0 Å². The Hall–Kier alpha value is -0.370. The first-order valence-electron chi connectivity index (χ1n) is 5.22. The zero-order chi connectivity index (χ0) is 10.4. The Morgan fingerprint density at radius 3 is 2.00 bits per heavy atom. The van der Waals surface area contributed by atoms with Crippen molar-refractivity contribution in [3.05, 3.63) is 0 Å². The summed E-state index contributed by atoms with van der Waals surface area (Å²) in [6.45, 7) is 9.91. The third-order valence-electron chi connectivity index (χ3n) is 2.23. The maximum absolute atomic E-state index is 11.6. The second-order valence-corrected chi connectivity index (χ2v) is 3.81. The summed E-state index contributed by atoms with van der Waals surface area (Å²) in [7, 11) is 0. The highest BCUT2D eigenvalue weighted by atomic mass is 16.5. The van der Waals surface area contributed by atoms with Crippen LogP contribution in [0.25, 0.3) is 0 Å². The summed E-state index contributed by atoms with van der Waals surface area (Å²) in [6.07, 6.45) is 1.73. The van der Waals surface area contributed by atoms with Crippen molar-refractivity contribution in [1.29, 1.82) is 0 Å². The van der Waals surface area contributed by atoms with Gasteiger partial charge in [-0.2, -0.15) is 0 Å². The van der Waals surface area contributed by atoms with E-state index in [0.717, 1.165) is 12.8 Å². The Morgan fingerprint density at radius 2 is 1.69 bits per heavy atom. The molecule has 0 aliphatic carbocycles. The van der Waals surface area contributed by atoms with Crippen LogP contribution in [0, 0.1) is 5.92 Å². The van der Waals surface area contributed by atoms with Crippen LogP contribution in [0.2, 0.25) is 0 Å². The summed E-state index contributed by atoms with van der Waals surface area (Å²) < 4.78 is 5.62. The van der Waals surface area contributed by atoms with E-state index in [1.54, 1.807) is 0 Å². The molecule has 0 fully saturated rings. The average molecular weight is 186 g/mol. The van der Waals surface area contributed by atoms with Crippen LogP contribution >= 0.6 is 0 Å². The first-order chi connectivity index (χ1) is 6.02. The van der Waals surface area contributed by atoms with Crippen molar-refractivity contribution in [1.82, 2.24) is 0 Å². The molecule has 2 heteroatoms. The second-order valence-electron chi connectivity index (χ2n) is 3.81. The molecule has 13 heavy (non-hydrogen) atoms. The van der Waals surface area contributed by atoms with Crippen molar-refractivity contribution < 1.29 is 9.53 Å². The number of carbonyl (C=O) groups is 1. The minimum Gasteiger partial charge on any atom is -0.368 e. The highest BCUT2D eigenvalue weighted by molar-refractivity contribution is 5.84. The van der Waals surface area contributed by atoms with Crippen LogP contribution in [0.15, 0.2) is 0 Å². The molecule has 0 saturated carbocycles. The summed E-state index contributed by atoms with van der Waals surface area (Å²) >= 11 is 0. The highest BCUT2D eigenvalue weighted by Crippen LogP contribution is 2.11. The van der Waals surface area contributed by atoms with Crippen LogP contribution in [-0.4, -0.2) is 18.0 Å². The van der Waals surface area contributed by atoms with E-state index in [2.05, 4.69) is 6.92 Å². The predicted molar refractivity (Wildman–Crippen MR) is 54.8 cm³/mol. The molecule has 0 bridgehead atoms. The summed E-state index contributed by atoms with van der Waals surface area (Å²) in [5.74, 6) is 0.303. The van der Waals surface area contributed by atoms with Gasteiger partial charge in [0.25, 0.3) is 0 Å². The molecule has 2 nitrogen and oxygen atoms in total. The van der Waals surface area contributed by atoms with Gasteiger partial charge in [0.05, 0.1) is 6.10 Å². The molecule has 0 spiro atoms. The zero-order valence-corrected chi connectivity index (χ0v) is 9.46. The molecule has 0 heterocycles. The van der Waals surface area contributed by atoms with Gasteiger partial charge < -0.3 is 4.74 Å². The zero-order valence-electron chi connectivity index (χ0n) is 9.46. The average Bonchev–Trinajstić information content (AvgIpc) is 2.12. The van der Waals surface area contributed by atoms with Gasteiger partial charge in [-0.3, -0.25) is 4.79 Å². The predicted octanol–water partition coefficient (Wildman–Crippen LogP) is 2.81. The quantitative estimate of drug-likeness (QED) is 0.637. The Balaban J connectivity index is 4.10. The van der Waals surface area contributed by atoms with Gasteiger partial charge in [0.1, 0.15) is 6.10 Å². The monoisotopic (exact) mass is 186 g/mol. The summed E-state index contributed by atoms with van der Waals surface area (Å²) in [6, 6.07) is 0. The smallest absolute Gasteiger partial charge is 0.164 e. The van der Waals surface area contributed by atoms with Gasteiger partial charge in [-0.05, 0) is 19.8 Å². The minimum atomic E-state index is -0.199. The van der Waals surface area contributed by atoms with Crippen LogP contribution in [0.5, 0.6) is 0 Å². The topological polar surface area (TPSA) is 26.3 Å². The summed E-state index contributed by atoms with van der Waals surface area (Å²) in [4.78, 5) is 11.6. The van der Waals surface area contributed by atoms with Gasteiger partial charge in [-0.15, -0.1) is 0 Å². The van der Waals surface area contributed by atoms with Crippen molar-refractivity contribution in [3.63, 3.8) is 0 Å². The molecule has 0 rings (SSSR count). The first kappa shape index (κ1) is 12.6. The van der Waals surface area contributed by atoms with Gasteiger partial charge in [0.15, 0.2) is 5.78 Å². The van der Waals surface area contributed by atoms with E-state index in [-0.39, 0.29) is 23.9 Å². The SMILES string of the molecule is CCC(C)O[C@@H](CC)C(=O)C(C)C. The van der Waals surface area contributed by atoms with E-state index in [1.807, 2.05) is 27.7 Å². The van der Waals surface area contributed by atoms with Crippen molar-refractivity contribution in [2.45, 2.75) is 59.7 Å². The second kappa shape index (κ2) is 6.14. The number of hydrogen-bond acceptors (Lipinski definition) is 2. The molecule has 0 aromatic rings. The molecule has 0 saturated heterocycles. The number of Topliss-reactive ketones (excluding diaryl/α,β-unsaturated/α-hetero) is 1. The third-order valence-corrected chi connectivity index (χ3v) is 2.23. The van der Waals surface area contributed by atoms with Gasteiger partial charge in [-0.1, -0.05) is 27.7 Å². The first-order valence-corrected chi connectivity index (χ1v) is 5.22. The van der Waals surface area contributed by atoms with E-state index >= 15 is 0 Å². The van der Waals surface area contributed by atoms with Crippen LogP contribution in [0.1, 0.15) is 47.5 Å². The van der Waals surface area contributed by atoms with Gasteiger partial charge in [0.2, 0.25) is 0 Å². The van der Waals surface area contributed by atoms with E-state index in [0.29, 0.717) is 0 Å². The normalized spacial score (nSPS) is 15.8. The molecule has 1 unspecified atom stereocenters. The summed E-state index contributed by atoms with van der Waals surface area (Å²) in [5.41, 5.74) is 0. The molecule has 0 aliphatic heterocycles. The van der Waals surface area contributed by atoms with Gasteiger partial charge in [0, 0.05) is 5.92 Å². The number of rotatable bonds is 6. The molecule has 0 aromatic carbocycles. The number of hydrogen-bond donors (Lipinski definition) is 0. The molecule has 78 valence electrons. The number of ketones is 1. The fourth-order valence-corrected chi connectivity index (χ4v) is 1.11. The van der Waals surface area contributed by atoms with Crippen molar-refractivity contribution >= 4 is 5.78 Å². The van der Waals surface area contributed by atoms with Crippen LogP contribution in [0.4, 0.5) is 0 Å². The standard InChI is InChI=1S/C11H22O2/c1-6-9(5)13-10(7-2)11(12)8(3)4/h8-10H,6-7H2,1-5H3/t9?,10-/m0/s1. The minimum absolute atomic E-state index is 0.0778. The third kappa shape index (κ3) is 4.41. The molecular weight excluding hydrogens is 164 g/mol. The lowest BCUT2D eigenvalue weighted by molar-refractivity contribution is -0.137. The van der Waals surface area contributed by atoms with Crippen LogP contribution < -0.4 is 0 Å². The molecular formula is C11H22O2. The largest absolute Gasteiger partial charge is 0.368 e. The van der Waals surface area contributed by atoms with E-state index in [4.69, 9.17) is 4.74 Å². The number of ether oxygens (including phenoxy) is 1. The Morgan fingerprint density at radius 1 is 1.15 bits per heavy atom. The highest BCUT2D eigenvalue weighted by Gasteiger charge is 2.21. The molecule has 0 amide bonds. The Labute approximate surface area is 81.7 Å². The molecule has 0 aromatic heterocycles. The fourth-order valence-electron chi connectivity index (χ4n) is 1.11. The van der Waals surface area contributed by atoms with Crippen molar-refractivity contribution in [3.8, 4) is 0 Å². The maximum Gasteiger partial charge on any atom is 0.164 e. The Bertz CT molecular complexity index is 152. The van der Waals surface area contributed by atoms with E-state index < -0.39 is 0 Å². The lowest BCUT2D eigenvalue weighted by atomic mass is 10.0. The molecule has 0 aliphatic rings. The van der Waals surface area contributed by atoms with E-state index in [1.165, 1.54) is 0 Å². The lowest BCUT2D eigenvalue weighted by Crippen LogP contribution is -2.30. The van der Waals surface area contributed by atoms with Gasteiger partial charge >= 0.3 is 0 Å². The molecule has 0 radical (unpaired) electrons. The lowest BCUT2D eigenvalue weighted by Gasteiger charge is -2.20. The number of carbonyl (C=O) groups excluding carboxylic acids is 1. The Kier molecular flexibility index (Phi) is 5.97. The molecule has 2 atom stereocenters. The van der Waals surface area contributed by atoms with Crippen LogP contribution in [0.3, 0.4) is 0 Å². The fraction of sp³-hybridized carbons (Fsp3) is 0.909. The van der Waals surface area contributed by atoms with Crippen LogP contribution in [-0.2, 0) is 9.53 Å². The van der Waals surface area contributed by atoms with Gasteiger partial charge in [-0.25, -0.2) is 0 Å². The molecule has 0 N–H and O–H groups in total. The maximum atomic E-state index is 11.6.